The predicted molar refractivity (Wildman–Crippen MR) is 96.4 cm³/mol. The molecule has 0 aromatic carbocycles. The van der Waals surface area contributed by atoms with Crippen molar-refractivity contribution in [3.63, 3.8) is 0 Å². The summed E-state index contributed by atoms with van der Waals surface area (Å²) >= 11 is 1.12. The quantitative estimate of drug-likeness (QED) is 0.687. The molecule has 1 aliphatic heterocycles. The molecule has 0 radical (unpaired) electrons. The molecule has 8 nitrogen and oxygen atoms in total. The van der Waals surface area contributed by atoms with Crippen LogP contribution >= 0.6 is 11.7 Å². The topological polar surface area (TPSA) is 85.8 Å². The molecule has 142 valence electrons. The molecule has 2 rings (SSSR count). The van der Waals surface area contributed by atoms with Crippen molar-refractivity contribution in [3.8, 4) is 5.88 Å². The summed E-state index contributed by atoms with van der Waals surface area (Å²) < 4.78 is 25.2. The summed E-state index contributed by atoms with van der Waals surface area (Å²) in [5, 5.41) is 3.34. The number of nitrogens with zero attached hydrogens (tertiary/aromatic N) is 3. The van der Waals surface area contributed by atoms with Crippen LogP contribution in [0.5, 0.6) is 5.88 Å². The second-order valence-corrected chi connectivity index (χ2v) is 7.43. The lowest BCUT2D eigenvalue weighted by atomic mass is 10.1. The first-order valence-corrected chi connectivity index (χ1v) is 9.34. The Balaban J connectivity index is 1.94. The maximum absolute atomic E-state index is 11.7. The van der Waals surface area contributed by atoms with E-state index in [1.165, 1.54) is 0 Å². The van der Waals surface area contributed by atoms with E-state index in [9.17, 15) is 4.79 Å². The lowest BCUT2D eigenvalue weighted by molar-refractivity contribution is -0.150. The van der Waals surface area contributed by atoms with E-state index in [1.54, 1.807) is 6.92 Å². The summed E-state index contributed by atoms with van der Waals surface area (Å²) in [6, 6.07) is 0. The number of rotatable bonds is 8. The van der Waals surface area contributed by atoms with Crippen LogP contribution in [0.3, 0.4) is 0 Å². The molecule has 2 heterocycles. The number of esters is 1. The maximum Gasteiger partial charge on any atom is 0.305 e. The van der Waals surface area contributed by atoms with Crippen molar-refractivity contribution in [1.29, 1.82) is 0 Å². The van der Waals surface area contributed by atoms with Crippen LogP contribution in [0.15, 0.2) is 0 Å². The van der Waals surface area contributed by atoms with Gasteiger partial charge in [-0.25, -0.2) is 0 Å². The number of anilines is 1. The van der Waals surface area contributed by atoms with Crippen molar-refractivity contribution in [3.05, 3.63) is 0 Å². The number of hydrogen-bond acceptors (Lipinski definition) is 9. The lowest BCUT2D eigenvalue weighted by Gasteiger charge is -2.27. The average molecular weight is 372 g/mol. The molecule has 1 atom stereocenters. The summed E-state index contributed by atoms with van der Waals surface area (Å²) in [6.45, 7) is 11.6. The molecule has 1 aromatic rings. The molecule has 1 aliphatic rings. The monoisotopic (exact) mass is 372 g/mol. The van der Waals surface area contributed by atoms with E-state index in [1.807, 2.05) is 0 Å². The Hall–Kier alpha value is -1.45. The Labute approximate surface area is 153 Å². The highest BCUT2D eigenvalue weighted by Gasteiger charge is 2.23. The Kier molecular flexibility index (Phi) is 7.39. The van der Waals surface area contributed by atoms with Gasteiger partial charge in [-0.3, -0.25) is 4.79 Å². The van der Waals surface area contributed by atoms with E-state index < -0.39 is 0 Å². The van der Waals surface area contributed by atoms with Crippen molar-refractivity contribution >= 4 is 23.5 Å². The molecule has 0 amide bonds. The lowest BCUT2D eigenvalue weighted by Crippen LogP contribution is -2.44. The van der Waals surface area contributed by atoms with E-state index in [0.717, 1.165) is 30.6 Å². The smallest absolute Gasteiger partial charge is 0.305 e. The van der Waals surface area contributed by atoms with Crippen LogP contribution in [0.25, 0.3) is 0 Å². The molecule has 0 bridgehead atoms. The van der Waals surface area contributed by atoms with E-state index in [2.05, 4.69) is 39.7 Å². The summed E-state index contributed by atoms with van der Waals surface area (Å²) in [6.07, 6.45) is -0.0468. The van der Waals surface area contributed by atoms with Crippen molar-refractivity contribution in [2.75, 3.05) is 44.4 Å². The third-order valence-corrected chi connectivity index (χ3v) is 4.11. The highest BCUT2D eigenvalue weighted by molar-refractivity contribution is 6.99. The SMILES string of the molecule is CCC(=O)O[C@@H](CNC(C)(C)C)COc1nsnc1N1CCOCC1. The predicted octanol–water partition coefficient (Wildman–Crippen LogP) is 1.46. The highest BCUT2D eigenvalue weighted by atomic mass is 32.1. The second-order valence-electron chi connectivity index (χ2n) is 6.90. The molecule has 9 heteroatoms. The minimum Gasteiger partial charge on any atom is -0.470 e. The van der Waals surface area contributed by atoms with Gasteiger partial charge in [0.2, 0.25) is 5.82 Å². The molecule has 1 N–H and O–H groups in total. The molecular formula is C16H28N4O4S. The third kappa shape index (κ3) is 6.75. The Bertz CT molecular complexity index is 540. The Morgan fingerprint density at radius 3 is 2.72 bits per heavy atom. The van der Waals surface area contributed by atoms with Crippen molar-refractivity contribution in [1.82, 2.24) is 14.1 Å². The fourth-order valence-corrected chi connectivity index (χ4v) is 2.75. The van der Waals surface area contributed by atoms with Gasteiger partial charge < -0.3 is 24.4 Å². The summed E-state index contributed by atoms with van der Waals surface area (Å²) in [5.41, 5.74) is -0.0714. The minimum absolute atomic E-state index is 0.0714. The maximum atomic E-state index is 11.7. The highest BCUT2D eigenvalue weighted by Crippen LogP contribution is 2.26. The van der Waals surface area contributed by atoms with Crippen LogP contribution in [0.2, 0.25) is 0 Å². The standard InChI is InChI=1S/C16H28N4O4S/c1-5-13(21)24-12(10-17-16(2,3)4)11-23-15-14(18-25-19-15)20-6-8-22-9-7-20/h12,17H,5-11H2,1-4H3/t12-/m0/s1. The first kappa shape index (κ1) is 19.9. The van der Waals surface area contributed by atoms with E-state index in [-0.39, 0.29) is 24.2 Å². The van der Waals surface area contributed by atoms with Gasteiger partial charge in [0.25, 0.3) is 5.88 Å². The number of morpholine rings is 1. The number of carbonyl (C=O) groups is 1. The normalized spacial score (nSPS) is 16.6. The fraction of sp³-hybridized carbons (Fsp3) is 0.812. The van der Waals surface area contributed by atoms with Crippen LogP contribution < -0.4 is 15.0 Å². The number of nitrogens with one attached hydrogen (secondary N) is 1. The van der Waals surface area contributed by atoms with Crippen LogP contribution in [-0.2, 0) is 14.3 Å². The zero-order valence-corrected chi connectivity index (χ0v) is 16.2. The van der Waals surface area contributed by atoms with Crippen molar-refractivity contribution in [2.45, 2.75) is 45.8 Å². The van der Waals surface area contributed by atoms with Crippen molar-refractivity contribution in [2.24, 2.45) is 0 Å². The number of ether oxygens (including phenoxy) is 3. The van der Waals surface area contributed by atoms with Gasteiger partial charge in [-0.1, -0.05) is 6.92 Å². The van der Waals surface area contributed by atoms with Gasteiger partial charge >= 0.3 is 5.97 Å². The zero-order valence-electron chi connectivity index (χ0n) is 15.4. The van der Waals surface area contributed by atoms with Crippen LogP contribution in [0, 0.1) is 0 Å². The van der Waals surface area contributed by atoms with Gasteiger partial charge in [0.05, 0.1) is 24.9 Å². The van der Waals surface area contributed by atoms with E-state index in [4.69, 9.17) is 14.2 Å². The zero-order chi connectivity index (χ0) is 18.3. The molecule has 0 aliphatic carbocycles. The van der Waals surface area contributed by atoms with Gasteiger partial charge in [0.1, 0.15) is 12.7 Å². The molecule has 0 saturated carbocycles. The molecule has 1 fully saturated rings. The van der Waals surface area contributed by atoms with Gasteiger partial charge in [-0.15, -0.1) is 4.37 Å². The number of carbonyl (C=O) groups excluding carboxylic acids is 1. The summed E-state index contributed by atoms with van der Waals surface area (Å²) in [4.78, 5) is 13.8. The van der Waals surface area contributed by atoms with Crippen LogP contribution in [-0.4, -0.2) is 65.8 Å². The Morgan fingerprint density at radius 2 is 2.08 bits per heavy atom. The number of hydrogen-bond donors (Lipinski definition) is 1. The van der Waals surface area contributed by atoms with Crippen LogP contribution in [0.1, 0.15) is 34.1 Å². The van der Waals surface area contributed by atoms with Gasteiger partial charge in [0.15, 0.2) is 0 Å². The van der Waals surface area contributed by atoms with Gasteiger partial charge in [-0.2, -0.15) is 4.37 Å². The second kappa shape index (κ2) is 9.30. The average Bonchev–Trinajstić information content (AvgIpc) is 3.05. The molecule has 1 saturated heterocycles. The summed E-state index contributed by atoms with van der Waals surface area (Å²) in [7, 11) is 0. The molecule has 0 spiro atoms. The van der Waals surface area contributed by atoms with Crippen molar-refractivity contribution < 1.29 is 19.0 Å². The first-order valence-electron chi connectivity index (χ1n) is 8.61. The van der Waals surface area contributed by atoms with E-state index in [0.29, 0.717) is 32.1 Å². The third-order valence-electron chi connectivity index (χ3n) is 3.61. The number of aromatic nitrogens is 2. The van der Waals surface area contributed by atoms with Gasteiger partial charge in [0, 0.05) is 31.6 Å². The minimum atomic E-state index is -0.383. The molecule has 1 aromatic heterocycles. The van der Waals surface area contributed by atoms with Crippen LogP contribution in [0.4, 0.5) is 5.82 Å². The van der Waals surface area contributed by atoms with E-state index >= 15 is 0 Å². The largest absolute Gasteiger partial charge is 0.470 e. The van der Waals surface area contributed by atoms with Gasteiger partial charge in [-0.05, 0) is 20.8 Å². The molecular weight excluding hydrogens is 344 g/mol. The first-order chi connectivity index (χ1) is 11.9. The molecule has 0 unspecified atom stereocenters. The molecule has 25 heavy (non-hydrogen) atoms. The Morgan fingerprint density at radius 1 is 1.36 bits per heavy atom. The fourth-order valence-electron chi connectivity index (χ4n) is 2.23. The summed E-state index contributed by atoms with van der Waals surface area (Å²) in [5.74, 6) is 0.979.